The number of nitrogens with zero attached hydrogens (tertiary/aromatic N) is 2. The van der Waals surface area contributed by atoms with Crippen LogP contribution < -0.4 is 15.4 Å². The van der Waals surface area contributed by atoms with Crippen LogP contribution in [0.5, 0.6) is 5.88 Å². The van der Waals surface area contributed by atoms with Gasteiger partial charge in [-0.25, -0.2) is 0 Å². The van der Waals surface area contributed by atoms with Crippen LogP contribution >= 0.6 is 0 Å². The molecule has 0 aliphatic carbocycles. The zero-order chi connectivity index (χ0) is 14.7. The van der Waals surface area contributed by atoms with Gasteiger partial charge >= 0.3 is 0 Å². The van der Waals surface area contributed by atoms with Gasteiger partial charge in [-0.2, -0.15) is 4.98 Å². The number of fused-ring (bicyclic) bond motifs is 1. The predicted octanol–water partition coefficient (Wildman–Crippen LogP) is 3.02. The molecular formula is C17H21N3O. The van der Waals surface area contributed by atoms with E-state index in [0.29, 0.717) is 18.2 Å². The van der Waals surface area contributed by atoms with Crippen molar-refractivity contribution in [1.82, 2.24) is 4.98 Å². The summed E-state index contributed by atoms with van der Waals surface area (Å²) in [6.45, 7) is 4.58. The Balaban J connectivity index is 1.81. The van der Waals surface area contributed by atoms with Crippen LogP contribution in [0.2, 0.25) is 0 Å². The predicted molar refractivity (Wildman–Crippen MR) is 85.6 cm³/mol. The van der Waals surface area contributed by atoms with Crippen LogP contribution in [0.1, 0.15) is 24.5 Å². The molecule has 0 bridgehead atoms. The second-order valence-corrected chi connectivity index (χ2v) is 5.35. The van der Waals surface area contributed by atoms with Gasteiger partial charge in [0.1, 0.15) is 5.82 Å². The summed E-state index contributed by atoms with van der Waals surface area (Å²) in [6.07, 6.45) is 2.00. The summed E-state index contributed by atoms with van der Waals surface area (Å²) < 4.78 is 5.62. The molecule has 0 saturated carbocycles. The summed E-state index contributed by atoms with van der Waals surface area (Å²) in [7, 11) is 0. The molecule has 1 aliphatic heterocycles. The maximum absolute atomic E-state index is 5.93. The van der Waals surface area contributed by atoms with Crippen molar-refractivity contribution in [2.45, 2.75) is 26.3 Å². The van der Waals surface area contributed by atoms with Gasteiger partial charge in [0, 0.05) is 13.1 Å². The van der Waals surface area contributed by atoms with Crippen LogP contribution in [0.15, 0.2) is 36.4 Å². The van der Waals surface area contributed by atoms with Crippen LogP contribution in [0.25, 0.3) is 0 Å². The van der Waals surface area contributed by atoms with Gasteiger partial charge in [0.15, 0.2) is 0 Å². The van der Waals surface area contributed by atoms with Crippen LogP contribution in [-0.4, -0.2) is 18.1 Å². The fourth-order valence-electron chi connectivity index (χ4n) is 2.62. The minimum atomic E-state index is 0.549. The first-order valence-corrected chi connectivity index (χ1v) is 7.49. The second-order valence-electron chi connectivity index (χ2n) is 5.35. The molecule has 1 aromatic heterocycles. The standard InChI is InChI=1S/C17H21N3O/c1-2-11-21-17-15(18)7-8-16(19-17)20-10-9-13-5-3-4-6-14(13)12-20/h3-8H,2,9-12,18H2,1H3. The number of nitrogens with two attached hydrogens (primary N) is 1. The topological polar surface area (TPSA) is 51.4 Å². The molecule has 1 aromatic carbocycles. The number of aromatic nitrogens is 1. The van der Waals surface area contributed by atoms with Crippen molar-refractivity contribution in [3.8, 4) is 5.88 Å². The molecule has 3 rings (SSSR count). The Morgan fingerprint density at radius 1 is 1.19 bits per heavy atom. The van der Waals surface area contributed by atoms with Crippen LogP contribution in [0.4, 0.5) is 11.5 Å². The summed E-state index contributed by atoms with van der Waals surface area (Å²) >= 11 is 0. The SMILES string of the molecule is CCCOc1nc(N2CCc3ccccc3C2)ccc1N. The Labute approximate surface area is 125 Å². The van der Waals surface area contributed by atoms with Crippen molar-refractivity contribution in [2.24, 2.45) is 0 Å². The molecule has 2 N–H and O–H groups in total. The molecule has 4 heteroatoms. The number of hydrogen-bond acceptors (Lipinski definition) is 4. The highest BCUT2D eigenvalue weighted by Crippen LogP contribution is 2.27. The minimum Gasteiger partial charge on any atom is -0.476 e. The number of anilines is 2. The zero-order valence-corrected chi connectivity index (χ0v) is 12.4. The molecule has 0 fully saturated rings. The van der Waals surface area contributed by atoms with Crippen molar-refractivity contribution in [1.29, 1.82) is 0 Å². The molecule has 0 atom stereocenters. The van der Waals surface area contributed by atoms with Crippen molar-refractivity contribution in [2.75, 3.05) is 23.8 Å². The maximum Gasteiger partial charge on any atom is 0.239 e. The largest absolute Gasteiger partial charge is 0.476 e. The monoisotopic (exact) mass is 283 g/mol. The summed E-state index contributed by atoms with van der Waals surface area (Å²) in [6, 6.07) is 12.4. The van der Waals surface area contributed by atoms with E-state index in [1.807, 2.05) is 12.1 Å². The molecule has 0 unspecified atom stereocenters. The summed E-state index contributed by atoms with van der Waals surface area (Å²) in [5, 5.41) is 0. The molecule has 110 valence electrons. The molecule has 0 spiro atoms. The molecular weight excluding hydrogens is 262 g/mol. The number of ether oxygens (including phenoxy) is 1. The Kier molecular flexibility index (Phi) is 3.95. The third-order valence-corrected chi connectivity index (χ3v) is 3.77. The second kappa shape index (κ2) is 6.04. The fourth-order valence-corrected chi connectivity index (χ4v) is 2.62. The van der Waals surface area contributed by atoms with E-state index in [1.54, 1.807) is 0 Å². The molecule has 4 nitrogen and oxygen atoms in total. The van der Waals surface area contributed by atoms with E-state index in [9.17, 15) is 0 Å². The van der Waals surface area contributed by atoms with Gasteiger partial charge in [0.05, 0.1) is 12.3 Å². The van der Waals surface area contributed by atoms with E-state index >= 15 is 0 Å². The first-order valence-electron chi connectivity index (χ1n) is 7.49. The normalized spacial score (nSPS) is 13.9. The van der Waals surface area contributed by atoms with Crippen molar-refractivity contribution in [3.05, 3.63) is 47.5 Å². The average molecular weight is 283 g/mol. The van der Waals surface area contributed by atoms with E-state index in [0.717, 1.165) is 31.7 Å². The number of rotatable bonds is 4. The van der Waals surface area contributed by atoms with Gasteiger partial charge in [-0.3, -0.25) is 0 Å². The third kappa shape index (κ3) is 2.94. The van der Waals surface area contributed by atoms with Gasteiger partial charge in [-0.15, -0.1) is 0 Å². The van der Waals surface area contributed by atoms with Gasteiger partial charge < -0.3 is 15.4 Å². The lowest BCUT2D eigenvalue weighted by atomic mass is 10.00. The zero-order valence-electron chi connectivity index (χ0n) is 12.4. The summed E-state index contributed by atoms with van der Waals surface area (Å²) in [5.74, 6) is 1.48. The van der Waals surface area contributed by atoms with E-state index in [1.165, 1.54) is 11.1 Å². The smallest absolute Gasteiger partial charge is 0.239 e. The van der Waals surface area contributed by atoms with Gasteiger partial charge in [0.2, 0.25) is 5.88 Å². The van der Waals surface area contributed by atoms with Crippen molar-refractivity contribution in [3.63, 3.8) is 0 Å². The van der Waals surface area contributed by atoms with Crippen molar-refractivity contribution >= 4 is 11.5 Å². The fraction of sp³-hybridized carbons (Fsp3) is 0.353. The van der Waals surface area contributed by atoms with Crippen molar-refractivity contribution < 1.29 is 4.74 Å². The number of benzene rings is 1. The van der Waals surface area contributed by atoms with E-state index in [4.69, 9.17) is 10.5 Å². The number of nitrogen functional groups attached to an aromatic ring is 1. The van der Waals surface area contributed by atoms with Gasteiger partial charge in [-0.1, -0.05) is 31.2 Å². The number of pyridine rings is 1. The highest BCUT2D eigenvalue weighted by Gasteiger charge is 2.18. The van der Waals surface area contributed by atoms with E-state index in [2.05, 4.69) is 41.1 Å². The minimum absolute atomic E-state index is 0.549. The lowest BCUT2D eigenvalue weighted by Gasteiger charge is -2.30. The molecule has 2 aromatic rings. The lowest BCUT2D eigenvalue weighted by molar-refractivity contribution is 0.307. The van der Waals surface area contributed by atoms with E-state index in [-0.39, 0.29) is 0 Å². The van der Waals surface area contributed by atoms with Crippen LogP contribution in [0, 0.1) is 0 Å². The Bertz CT molecular complexity index is 627. The van der Waals surface area contributed by atoms with E-state index < -0.39 is 0 Å². The molecule has 1 aliphatic rings. The Morgan fingerprint density at radius 2 is 2.00 bits per heavy atom. The Morgan fingerprint density at radius 3 is 2.81 bits per heavy atom. The molecule has 0 saturated heterocycles. The first kappa shape index (κ1) is 13.7. The molecule has 0 amide bonds. The summed E-state index contributed by atoms with van der Waals surface area (Å²) in [5.41, 5.74) is 9.34. The lowest BCUT2D eigenvalue weighted by Crippen LogP contribution is -2.31. The summed E-state index contributed by atoms with van der Waals surface area (Å²) in [4.78, 5) is 6.86. The maximum atomic E-state index is 5.93. The van der Waals surface area contributed by atoms with Gasteiger partial charge in [-0.05, 0) is 36.1 Å². The molecule has 2 heterocycles. The quantitative estimate of drug-likeness (QED) is 0.937. The first-order chi connectivity index (χ1) is 10.3. The number of hydrogen-bond donors (Lipinski definition) is 1. The third-order valence-electron chi connectivity index (χ3n) is 3.77. The van der Waals surface area contributed by atoms with Gasteiger partial charge in [0.25, 0.3) is 0 Å². The molecule has 21 heavy (non-hydrogen) atoms. The average Bonchev–Trinajstić information content (AvgIpc) is 2.53. The highest BCUT2D eigenvalue weighted by molar-refractivity contribution is 5.55. The highest BCUT2D eigenvalue weighted by atomic mass is 16.5. The van der Waals surface area contributed by atoms with Crippen LogP contribution in [0.3, 0.4) is 0 Å². The molecule has 0 radical (unpaired) electrons. The van der Waals surface area contributed by atoms with Crippen LogP contribution in [-0.2, 0) is 13.0 Å². The Hall–Kier alpha value is -2.23.